The maximum atomic E-state index is 13.0. The van der Waals surface area contributed by atoms with Crippen LogP contribution in [0.5, 0.6) is 0 Å². The second kappa shape index (κ2) is 9.24. The average Bonchev–Trinajstić information content (AvgIpc) is 2.85. The SMILES string of the molecule is Cc1cc(Nc2ccc(NS(=O)(=O)c3cccc4cccnc34)cc2)nc(N2CCOCC2)n1. The Balaban J connectivity index is 1.33. The van der Waals surface area contributed by atoms with Crippen molar-refractivity contribution in [3.63, 3.8) is 0 Å². The maximum absolute atomic E-state index is 13.0. The van der Waals surface area contributed by atoms with Gasteiger partial charge in [0.25, 0.3) is 10.0 Å². The lowest BCUT2D eigenvalue weighted by Gasteiger charge is -2.27. The van der Waals surface area contributed by atoms with Gasteiger partial charge in [0.2, 0.25) is 5.95 Å². The van der Waals surface area contributed by atoms with Gasteiger partial charge in [-0.3, -0.25) is 9.71 Å². The van der Waals surface area contributed by atoms with E-state index in [1.54, 1.807) is 48.7 Å². The molecule has 0 aliphatic carbocycles. The Labute approximate surface area is 197 Å². The normalized spacial score (nSPS) is 14.2. The molecule has 0 atom stereocenters. The predicted molar refractivity (Wildman–Crippen MR) is 132 cm³/mol. The van der Waals surface area contributed by atoms with Gasteiger partial charge < -0.3 is 15.0 Å². The van der Waals surface area contributed by atoms with Crippen LogP contribution in [-0.2, 0) is 14.8 Å². The average molecular weight is 477 g/mol. The number of hydrogen-bond donors (Lipinski definition) is 2. The summed E-state index contributed by atoms with van der Waals surface area (Å²) in [5.74, 6) is 1.34. The van der Waals surface area contributed by atoms with Gasteiger partial charge in [0.05, 0.1) is 18.7 Å². The largest absolute Gasteiger partial charge is 0.378 e. The summed E-state index contributed by atoms with van der Waals surface area (Å²) < 4.78 is 34.1. The molecule has 0 radical (unpaired) electrons. The minimum absolute atomic E-state index is 0.139. The first-order valence-corrected chi connectivity index (χ1v) is 12.4. The topological polar surface area (TPSA) is 109 Å². The molecule has 10 heteroatoms. The molecule has 174 valence electrons. The lowest BCUT2D eigenvalue weighted by molar-refractivity contribution is 0.122. The van der Waals surface area contributed by atoms with Crippen molar-refractivity contribution in [3.8, 4) is 0 Å². The molecule has 0 amide bonds. The van der Waals surface area contributed by atoms with E-state index in [9.17, 15) is 8.42 Å². The third-order valence-electron chi connectivity index (χ3n) is 5.43. The fraction of sp³-hybridized carbons (Fsp3) is 0.208. The molecule has 0 unspecified atom stereocenters. The number of morpholine rings is 1. The van der Waals surface area contributed by atoms with Gasteiger partial charge in [-0.2, -0.15) is 4.98 Å². The summed E-state index contributed by atoms with van der Waals surface area (Å²) in [6, 6.07) is 17.6. The Hall–Kier alpha value is -3.76. The van der Waals surface area contributed by atoms with Gasteiger partial charge in [-0.25, -0.2) is 13.4 Å². The fourth-order valence-electron chi connectivity index (χ4n) is 3.79. The molecule has 2 aromatic heterocycles. The molecular weight excluding hydrogens is 452 g/mol. The van der Waals surface area contributed by atoms with E-state index >= 15 is 0 Å². The molecule has 1 aliphatic rings. The third-order valence-corrected chi connectivity index (χ3v) is 6.84. The van der Waals surface area contributed by atoms with Crippen LogP contribution in [0.1, 0.15) is 5.69 Å². The molecule has 0 spiro atoms. The summed E-state index contributed by atoms with van der Waals surface area (Å²) in [6.07, 6.45) is 1.58. The van der Waals surface area contributed by atoms with E-state index in [2.05, 4.69) is 29.9 Å². The van der Waals surface area contributed by atoms with Crippen LogP contribution >= 0.6 is 0 Å². The first kappa shape index (κ1) is 22.1. The molecule has 2 N–H and O–H groups in total. The van der Waals surface area contributed by atoms with Crippen molar-refractivity contribution in [1.29, 1.82) is 0 Å². The number of sulfonamides is 1. The van der Waals surface area contributed by atoms with Crippen LogP contribution in [0.4, 0.5) is 23.1 Å². The fourth-order valence-corrected chi connectivity index (χ4v) is 5.03. The van der Waals surface area contributed by atoms with E-state index in [1.165, 1.54) is 0 Å². The number of aromatic nitrogens is 3. The van der Waals surface area contributed by atoms with Crippen LogP contribution in [0.15, 0.2) is 71.8 Å². The van der Waals surface area contributed by atoms with E-state index in [1.807, 2.05) is 25.1 Å². The Bertz CT molecular complexity index is 1420. The summed E-state index contributed by atoms with van der Waals surface area (Å²) in [5, 5.41) is 4.04. The second-order valence-electron chi connectivity index (χ2n) is 7.93. The Morgan fingerprint density at radius 2 is 1.68 bits per heavy atom. The Morgan fingerprint density at radius 3 is 2.47 bits per heavy atom. The Kier molecular flexibility index (Phi) is 5.99. The molecule has 1 fully saturated rings. The van der Waals surface area contributed by atoms with Crippen molar-refractivity contribution in [2.75, 3.05) is 41.2 Å². The van der Waals surface area contributed by atoms with Gasteiger partial charge in [-0.1, -0.05) is 18.2 Å². The molecule has 0 saturated carbocycles. The minimum Gasteiger partial charge on any atom is -0.378 e. The van der Waals surface area contributed by atoms with Crippen molar-refractivity contribution in [2.45, 2.75) is 11.8 Å². The Morgan fingerprint density at radius 1 is 0.941 bits per heavy atom. The summed E-state index contributed by atoms with van der Waals surface area (Å²) in [6.45, 7) is 4.75. The van der Waals surface area contributed by atoms with Crippen LogP contribution in [0.3, 0.4) is 0 Å². The number of nitrogens with zero attached hydrogens (tertiary/aromatic N) is 4. The molecule has 1 saturated heterocycles. The molecule has 1 aliphatic heterocycles. The zero-order valence-corrected chi connectivity index (χ0v) is 19.4. The predicted octanol–water partition coefficient (Wildman–Crippen LogP) is 3.71. The first-order valence-electron chi connectivity index (χ1n) is 10.9. The van der Waals surface area contributed by atoms with E-state index in [4.69, 9.17) is 4.74 Å². The van der Waals surface area contributed by atoms with Crippen molar-refractivity contribution < 1.29 is 13.2 Å². The van der Waals surface area contributed by atoms with Gasteiger partial charge >= 0.3 is 0 Å². The van der Waals surface area contributed by atoms with Crippen LogP contribution in [0.25, 0.3) is 10.9 Å². The summed E-state index contributed by atoms with van der Waals surface area (Å²) in [7, 11) is -3.80. The standard InChI is InChI=1S/C24H24N6O3S/c1-17-16-22(28-24(26-17)30-12-14-33-15-13-30)27-19-7-9-20(10-8-19)29-34(31,32)21-6-2-4-18-5-3-11-25-23(18)21/h2-11,16,29H,12-15H2,1H3,(H,26,27,28). The maximum Gasteiger partial charge on any atom is 0.264 e. The highest BCUT2D eigenvalue weighted by Crippen LogP contribution is 2.25. The summed E-state index contributed by atoms with van der Waals surface area (Å²) in [4.78, 5) is 15.7. The van der Waals surface area contributed by atoms with Gasteiger partial charge in [0.15, 0.2) is 0 Å². The van der Waals surface area contributed by atoms with E-state index < -0.39 is 10.0 Å². The van der Waals surface area contributed by atoms with Crippen molar-refractivity contribution >= 4 is 44.1 Å². The number of para-hydroxylation sites is 1. The number of aryl methyl sites for hydroxylation is 1. The number of fused-ring (bicyclic) bond motifs is 1. The van der Waals surface area contributed by atoms with Gasteiger partial charge in [0.1, 0.15) is 10.7 Å². The van der Waals surface area contributed by atoms with E-state index in [0.717, 1.165) is 29.9 Å². The van der Waals surface area contributed by atoms with Crippen LogP contribution in [0, 0.1) is 6.92 Å². The first-order chi connectivity index (χ1) is 16.5. The molecule has 5 rings (SSSR count). The zero-order chi connectivity index (χ0) is 23.5. The minimum atomic E-state index is -3.80. The van der Waals surface area contributed by atoms with Crippen molar-refractivity contribution in [2.24, 2.45) is 0 Å². The smallest absolute Gasteiger partial charge is 0.264 e. The molecule has 9 nitrogen and oxygen atoms in total. The monoisotopic (exact) mass is 476 g/mol. The number of pyridine rings is 1. The van der Waals surface area contributed by atoms with E-state index in [-0.39, 0.29) is 4.90 Å². The quantitative estimate of drug-likeness (QED) is 0.433. The number of nitrogens with one attached hydrogen (secondary N) is 2. The molecular formula is C24H24N6O3S. The third kappa shape index (κ3) is 4.78. The molecule has 2 aromatic carbocycles. The summed E-state index contributed by atoms with van der Waals surface area (Å²) in [5.41, 5.74) is 2.52. The highest BCUT2D eigenvalue weighted by atomic mass is 32.2. The lowest BCUT2D eigenvalue weighted by atomic mass is 10.2. The van der Waals surface area contributed by atoms with Crippen molar-refractivity contribution in [3.05, 3.63) is 72.6 Å². The molecule has 3 heterocycles. The second-order valence-corrected chi connectivity index (χ2v) is 9.58. The zero-order valence-electron chi connectivity index (χ0n) is 18.6. The molecule has 0 bridgehead atoms. The van der Waals surface area contributed by atoms with Gasteiger partial charge in [-0.15, -0.1) is 0 Å². The van der Waals surface area contributed by atoms with Crippen LogP contribution in [-0.4, -0.2) is 49.7 Å². The molecule has 34 heavy (non-hydrogen) atoms. The highest BCUT2D eigenvalue weighted by molar-refractivity contribution is 7.93. The molecule has 4 aromatic rings. The highest BCUT2D eigenvalue weighted by Gasteiger charge is 2.18. The van der Waals surface area contributed by atoms with Crippen molar-refractivity contribution in [1.82, 2.24) is 15.0 Å². The van der Waals surface area contributed by atoms with Crippen LogP contribution in [0.2, 0.25) is 0 Å². The number of rotatable bonds is 6. The summed E-state index contributed by atoms with van der Waals surface area (Å²) >= 11 is 0. The number of hydrogen-bond acceptors (Lipinski definition) is 8. The lowest BCUT2D eigenvalue weighted by Crippen LogP contribution is -2.37. The van der Waals surface area contributed by atoms with Gasteiger partial charge in [-0.05, 0) is 43.3 Å². The van der Waals surface area contributed by atoms with E-state index in [0.29, 0.717) is 36.2 Å². The number of anilines is 4. The van der Waals surface area contributed by atoms with Crippen LogP contribution < -0.4 is 14.9 Å². The number of benzene rings is 2. The number of ether oxygens (including phenoxy) is 1. The van der Waals surface area contributed by atoms with Gasteiger partial charge in [0, 0.05) is 47.8 Å².